The Balaban J connectivity index is 2.40. The number of ether oxygens (including phenoxy) is 1. The average molecular weight is 331 g/mol. The lowest BCUT2D eigenvalue weighted by Crippen LogP contribution is -2.15. The highest BCUT2D eigenvalue weighted by Gasteiger charge is 2.20. The summed E-state index contributed by atoms with van der Waals surface area (Å²) in [6.45, 7) is 0. The third-order valence-corrected chi connectivity index (χ3v) is 4.53. The highest BCUT2D eigenvalue weighted by atomic mass is 35.5. The van der Waals surface area contributed by atoms with E-state index >= 15 is 0 Å². The van der Waals surface area contributed by atoms with Gasteiger partial charge in [0.05, 0.1) is 23.5 Å². The van der Waals surface area contributed by atoms with Crippen LogP contribution in [-0.4, -0.2) is 15.5 Å². The maximum Gasteiger partial charge on any atom is 0.263 e. The van der Waals surface area contributed by atoms with E-state index in [0.29, 0.717) is 5.75 Å². The highest BCUT2D eigenvalue weighted by molar-refractivity contribution is 7.92. The summed E-state index contributed by atoms with van der Waals surface area (Å²) >= 11 is 5.80. The quantitative estimate of drug-likeness (QED) is 0.845. The monoisotopic (exact) mass is 330 g/mol. The number of anilines is 2. The van der Waals surface area contributed by atoms with Gasteiger partial charge in [0.25, 0.3) is 10.0 Å². The molecule has 2 aromatic rings. The largest absolute Gasteiger partial charge is 0.497 e. The SMILES string of the molecule is COc1ccc(NS(=O)(=O)c2cc(F)ccc2Cl)c(N)c1. The molecule has 0 atom stereocenters. The summed E-state index contributed by atoms with van der Waals surface area (Å²) in [5, 5.41) is -0.0871. The summed E-state index contributed by atoms with van der Waals surface area (Å²) < 4.78 is 44.9. The molecule has 2 aromatic carbocycles. The minimum Gasteiger partial charge on any atom is -0.497 e. The number of hydrogen-bond acceptors (Lipinski definition) is 4. The number of methoxy groups -OCH3 is 1. The Hall–Kier alpha value is -1.99. The normalized spacial score (nSPS) is 11.2. The predicted molar refractivity (Wildman–Crippen MR) is 79.6 cm³/mol. The van der Waals surface area contributed by atoms with Crippen LogP contribution in [0.2, 0.25) is 5.02 Å². The van der Waals surface area contributed by atoms with Crippen LogP contribution in [0.3, 0.4) is 0 Å². The molecule has 112 valence electrons. The Labute approximate surface area is 126 Å². The van der Waals surface area contributed by atoms with Crippen molar-refractivity contribution in [1.82, 2.24) is 0 Å². The maximum atomic E-state index is 13.2. The van der Waals surface area contributed by atoms with Gasteiger partial charge in [0.2, 0.25) is 0 Å². The van der Waals surface area contributed by atoms with Gasteiger partial charge >= 0.3 is 0 Å². The van der Waals surface area contributed by atoms with Crippen LogP contribution in [0.15, 0.2) is 41.3 Å². The fraction of sp³-hybridized carbons (Fsp3) is 0.0769. The van der Waals surface area contributed by atoms with Crippen molar-refractivity contribution in [3.8, 4) is 5.75 Å². The Morgan fingerprint density at radius 2 is 1.95 bits per heavy atom. The molecule has 2 rings (SSSR count). The second-order valence-corrected chi connectivity index (χ2v) is 6.19. The zero-order valence-electron chi connectivity index (χ0n) is 10.9. The first-order chi connectivity index (χ1) is 9.83. The number of rotatable bonds is 4. The fourth-order valence-electron chi connectivity index (χ4n) is 1.64. The average Bonchev–Trinajstić information content (AvgIpc) is 2.43. The van der Waals surface area contributed by atoms with Crippen LogP contribution in [-0.2, 0) is 10.0 Å². The zero-order valence-corrected chi connectivity index (χ0v) is 12.5. The summed E-state index contributed by atoms with van der Waals surface area (Å²) in [6.07, 6.45) is 0. The van der Waals surface area contributed by atoms with E-state index in [4.69, 9.17) is 22.1 Å². The Morgan fingerprint density at radius 3 is 2.57 bits per heavy atom. The minimum absolute atomic E-state index is 0.0871. The van der Waals surface area contributed by atoms with E-state index in [9.17, 15) is 12.8 Å². The van der Waals surface area contributed by atoms with Gasteiger partial charge in [-0.15, -0.1) is 0 Å². The van der Waals surface area contributed by atoms with Crippen molar-refractivity contribution in [3.05, 3.63) is 47.2 Å². The van der Waals surface area contributed by atoms with Gasteiger partial charge in [-0.05, 0) is 30.3 Å². The van der Waals surface area contributed by atoms with Crippen LogP contribution in [0.5, 0.6) is 5.75 Å². The first-order valence-corrected chi connectivity index (χ1v) is 7.61. The second kappa shape index (κ2) is 5.79. The molecule has 0 unspecified atom stereocenters. The third-order valence-electron chi connectivity index (χ3n) is 2.69. The van der Waals surface area contributed by atoms with Crippen LogP contribution in [0.25, 0.3) is 0 Å². The molecule has 0 fully saturated rings. The number of hydrogen-bond donors (Lipinski definition) is 2. The van der Waals surface area contributed by atoms with E-state index in [1.54, 1.807) is 6.07 Å². The maximum absolute atomic E-state index is 13.2. The molecule has 3 N–H and O–H groups in total. The summed E-state index contributed by atoms with van der Waals surface area (Å²) in [5.74, 6) is -0.221. The lowest BCUT2D eigenvalue weighted by Gasteiger charge is -2.12. The molecule has 0 saturated heterocycles. The van der Waals surface area contributed by atoms with Crippen molar-refractivity contribution in [2.24, 2.45) is 0 Å². The van der Waals surface area contributed by atoms with Crippen molar-refractivity contribution in [1.29, 1.82) is 0 Å². The van der Waals surface area contributed by atoms with Crippen molar-refractivity contribution in [3.63, 3.8) is 0 Å². The van der Waals surface area contributed by atoms with Gasteiger partial charge in [0, 0.05) is 6.07 Å². The second-order valence-electron chi connectivity index (χ2n) is 4.13. The van der Waals surface area contributed by atoms with Crippen molar-refractivity contribution < 1.29 is 17.5 Å². The number of sulfonamides is 1. The van der Waals surface area contributed by atoms with E-state index in [-0.39, 0.29) is 21.3 Å². The van der Waals surface area contributed by atoms with Crippen LogP contribution >= 0.6 is 11.6 Å². The van der Waals surface area contributed by atoms with Crippen LogP contribution in [0, 0.1) is 5.82 Å². The van der Waals surface area contributed by atoms with Crippen molar-refractivity contribution in [2.75, 3.05) is 17.6 Å². The highest BCUT2D eigenvalue weighted by Crippen LogP contribution is 2.29. The van der Waals surface area contributed by atoms with Crippen LogP contribution < -0.4 is 15.2 Å². The number of benzene rings is 2. The molecule has 0 aliphatic rings. The van der Waals surface area contributed by atoms with Crippen molar-refractivity contribution >= 4 is 33.0 Å². The van der Waals surface area contributed by atoms with Gasteiger partial charge < -0.3 is 10.5 Å². The summed E-state index contributed by atoms with van der Waals surface area (Å²) in [7, 11) is -2.59. The molecule has 5 nitrogen and oxygen atoms in total. The third kappa shape index (κ3) is 3.37. The lowest BCUT2D eigenvalue weighted by molar-refractivity contribution is 0.415. The molecule has 0 aliphatic heterocycles. The van der Waals surface area contributed by atoms with E-state index in [1.165, 1.54) is 25.3 Å². The summed E-state index contributed by atoms with van der Waals surface area (Å²) in [6, 6.07) is 7.53. The van der Waals surface area contributed by atoms with E-state index in [2.05, 4.69) is 4.72 Å². The molecule has 0 amide bonds. The van der Waals surface area contributed by atoms with Gasteiger partial charge in [-0.25, -0.2) is 12.8 Å². The molecule has 8 heteroatoms. The Kier molecular flexibility index (Phi) is 4.24. The molecule has 0 bridgehead atoms. The number of nitrogen functional groups attached to an aromatic ring is 1. The summed E-state index contributed by atoms with van der Waals surface area (Å²) in [5.41, 5.74) is 6.06. The molecule has 0 heterocycles. The molecule has 0 aliphatic carbocycles. The van der Waals surface area contributed by atoms with Gasteiger partial charge in [-0.3, -0.25) is 4.72 Å². The molecular formula is C13H12ClFN2O3S. The minimum atomic E-state index is -4.05. The fourth-order valence-corrected chi connectivity index (χ4v) is 3.24. The predicted octanol–water partition coefficient (Wildman–Crippen LogP) is 2.87. The standard InChI is InChI=1S/C13H12ClFN2O3S/c1-20-9-3-5-12(11(16)7-9)17-21(18,19)13-6-8(15)2-4-10(13)14/h2-7,17H,16H2,1H3. The van der Waals surface area contributed by atoms with E-state index in [0.717, 1.165) is 12.1 Å². The Bertz CT molecular complexity index is 781. The van der Waals surface area contributed by atoms with Gasteiger partial charge in [0.15, 0.2) is 0 Å². The zero-order chi connectivity index (χ0) is 15.6. The topological polar surface area (TPSA) is 81.4 Å². The van der Waals surface area contributed by atoms with Crippen LogP contribution in [0.1, 0.15) is 0 Å². The number of nitrogens with one attached hydrogen (secondary N) is 1. The van der Waals surface area contributed by atoms with Gasteiger partial charge in [0.1, 0.15) is 16.5 Å². The molecule has 0 radical (unpaired) electrons. The van der Waals surface area contributed by atoms with E-state index in [1.807, 2.05) is 0 Å². The molecule has 0 saturated carbocycles. The first-order valence-electron chi connectivity index (χ1n) is 5.75. The van der Waals surface area contributed by atoms with E-state index < -0.39 is 15.8 Å². The lowest BCUT2D eigenvalue weighted by atomic mass is 10.2. The molecule has 21 heavy (non-hydrogen) atoms. The smallest absolute Gasteiger partial charge is 0.263 e. The number of nitrogens with two attached hydrogens (primary N) is 1. The molecular weight excluding hydrogens is 319 g/mol. The van der Waals surface area contributed by atoms with Crippen LogP contribution in [0.4, 0.5) is 15.8 Å². The number of halogens is 2. The first kappa shape index (κ1) is 15.4. The van der Waals surface area contributed by atoms with Crippen molar-refractivity contribution in [2.45, 2.75) is 4.90 Å². The summed E-state index contributed by atoms with van der Waals surface area (Å²) in [4.78, 5) is -0.362. The Morgan fingerprint density at radius 1 is 1.24 bits per heavy atom. The van der Waals surface area contributed by atoms with Gasteiger partial charge in [-0.2, -0.15) is 0 Å². The van der Waals surface area contributed by atoms with Gasteiger partial charge in [-0.1, -0.05) is 11.6 Å². The molecule has 0 aromatic heterocycles. The molecule has 0 spiro atoms.